The third-order valence-electron chi connectivity index (χ3n) is 3.13. The molecule has 0 aliphatic heterocycles. The third-order valence-corrected chi connectivity index (χ3v) is 3.13. The lowest BCUT2D eigenvalue weighted by Crippen LogP contribution is -2.47. The highest BCUT2D eigenvalue weighted by atomic mass is 16.6. The van der Waals surface area contributed by atoms with E-state index in [2.05, 4.69) is 5.32 Å². The van der Waals surface area contributed by atoms with Gasteiger partial charge < -0.3 is 15.2 Å². The second-order valence-electron chi connectivity index (χ2n) is 6.12. The molecule has 18 heavy (non-hydrogen) atoms. The Kier molecular flexibility index (Phi) is 4.59. The fraction of sp³-hybridized carbons (Fsp3) is 0.846. The molecule has 0 radical (unpaired) electrons. The molecule has 1 fully saturated rings. The molecule has 104 valence electrons. The van der Waals surface area contributed by atoms with Crippen molar-refractivity contribution in [3.05, 3.63) is 0 Å². The average molecular weight is 257 g/mol. The molecule has 0 saturated heterocycles. The summed E-state index contributed by atoms with van der Waals surface area (Å²) in [7, 11) is 0. The van der Waals surface area contributed by atoms with E-state index in [1.165, 1.54) is 0 Å². The molecule has 1 amide bonds. The van der Waals surface area contributed by atoms with Crippen molar-refractivity contribution in [2.75, 3.05) is 0 Å². The lowest BCUT2D eigenvalue weighted by atomic mass is 9.79. The third kappa shape index (κ3) is 4.55. The molecule has 0 spiro atoms. The van der Waals surface area contributed by atoms with Gasteiger partial charge in [0.05, 0.1) is 5.92 Å². The topological polar surface area (TPSA) is 75.6 Å². The summed E-state index contributed by atoms with van der Waals surface area (Å²) in [6.07, 6.45) is 1.70. The van der Waals surface area contributed by atoms with Gasteiger partial charge in [0.25, 0.3) is 0 Å². The normalized spacial score (nSPS) is 28.6. The van der Waals surface area contributed by atoms with Crippen LogP contribution in [0.2, 0.25) is 0 Å². The molecule has 0 heterocycles. The van der Waals surface area contributed by atoms with E-state index in [1.807, 2.05) is 6.92 Å². The van der Waals surface area contributed by atoms with Crippen LogP contribution in [0.25, 0.3) is 0 Å². The lowest BCUT2D eigenvalue weighted by Gasteiger charge is -2.33. The largest absolute Gasteiger partial charge is 0.481 e. The minimum Gasteiger partial charge on any atom is -0.481 e. The van der Waals surface area contributed by atoms with Gasteiger partial charge in [-0.05, 0) is 46.0 Å². The molecule has 0 bridgehead atoms. The number of nitrogens with one attached hydrogen (secondary N) is 1. The number of carbonyl (C=O) groups is 2. The van der Waals surface area contributed by atoms with Crippen molar-refractivity contribution in [1.29, 1.82) is 0 Å². The molecule has 1 saturated carbocycles. The standard InChI is InChI=1S/C13H23NO4/c1-8-5-6-10(9(7-8)11(15)16)14-12(17)18-13(2,3)4/h8-10H,5-7H2,1-4H3,(H,14,17)(H,15,16)/t8?,9-,10-/m0/s1. The number of amides is 1. The van der Waals surface area contributed by atoms with Gasteiger partial charge in [-0.1, -0.05) is 6.92 Å². The molecular formula is C13H23NO4. The molecule has 0 aromatic rings. The van der Waals surface area contributed by atoms with Gasteiger partial charge >= 0.3 is 12.1 Å². The highest BCUT2D eigenvalue weighted by Crippen LogP contribution is 2.29. The zero-order valence-electron chi connectivity index (χ0n) is 11.5. The summed E-state index contributed by atoms with van der Waals surface area (Å²) in [5, 5.41) is 11.9. The number of hydrogen-bond acceptors (Lipinski definition) is 3. The van der Waals surface area contributed by atoms with Crippen LogP contribution in [0.4, 0.5) is 4.79 Å². The van der Waals surface area contributed by atoms with Crippen LogP contribution in [0.1, 0.15) is 47.0 Å². The molecule has 5 heteroatoms. The second-order valence-corrected chi connectivity index (χ2v) is 6.12. The van der Waals surface area contributed by atoms with Gasteiger partial charge in [0.1, 0.15) is 5.60 Å². The number of carbonyl (C=O) groups excluding carboxylic acids is 1. The van der Waals surface area contributed by atoms with Crippen LogP contribution < -0.4 is 5.32 Å². The van der Waals surface area contributed by atoms with Crippen LogP contribution in [-0.2, 0) is 9.53 Å². The quantitative estimate of drug-likeness (QED) is 0.796. The maximum atomic E-state index is 11.7. The lowest BCUT2D eigenvalue weighted by molar-refractivity contribution is -0.144. The summed E-state index contributed by atoms with van der Waals surface area (Å²) in [6.45, 7) is 7.39. The first-order valence-electron chi connectivity index (χ1n) is 6.41. The summed E-state index contributed by atoms with van der Waals surface area (Å²) in [6, 6.07) is -0.325. The van der Waals surface area contributed by atoms with Crippen molar-refractivity contribution >= 4 is 12.1 Å². The van der Waals surface area contributed by atoms with Gasteiger partial charge in [-0.25, -0.2) is 4.79 Å². The Morgan fingerprint density at radius 3 is 2.39 bits per heavy atom. The minimum absolute atomic E-state index is 0.325. The molecule has 0 aromatic heterocycles. The predicted octanol–water partition coefficient (Wildman–Crippen LogP) is 2.40. The van der Waals surface area contributed by atoms with Crippen LogP contribution in [0.15, 0.2) is 0 Å². The first kappa shape index (κ1) is 14.8. The highest BCUT2D eigenvalue weighted by molar-refractivity contribution is 5.73. The Balaban J connectivity index is 2.59. The van der Waals surface area contributed by atoms with Crippen molar-refractivity contribution in [2.45, 2.75) is 58.6 Å². The molecule has 1 aliphatic carbocycles. The minimum atomic E-state index is -0.845. The molecule has 1 unspecified atom stereocenters. The van der Waals surface area contributed by atoms with Crippen molar-refractivity contribution < 1.29 is 19.4 Å². The molecule has 0 aromatic carbocycles. The van der Waals surface area contributed by atoms with Crippen molar-refractivity contribution in [3.63, 3.8) is 0 Å². The first-order chi connectivity index (χ1) is 8.19. The van der Waals surface area contributed by atoms with Crippen molar-refractivity contribution in [2.24, 2.45) is 11.8 Å². The number of rotatable bonds is 2. The number of carboxylic acid groups (broad SMARTS) is 1. The smallest absolute Gasteiger partial charge is 0.407 e. The van der Waals surface area contributed by atoms with Crippen LogP contribution in [0.3, 0.4) is 0 Å². The van der Waals surface area contributed by atoms with Gasteiger partial charge in [-0.2, -0.15) is 0 Å². The highest BCUT2D eigenvalue weighted by Gasteiger charge is 2.35. The maximum absolute atomic E-state index is 11.7. The van der Waals surface area contributed by atoms with E-state index in [4.69, 9.17) is 4.74 Å². The SMILES string of the molecule is CC1CC[C@H](NC(=O)OC(C)(C)C)[C@@H](C(=O)O)C1. The Morgan fingerprint density at radius 1 is 1.28 bits per heavy atom. The molecule has 2 N–H and O–H groups in total. The van der Waals surface area contributed by atoms with Crippen LogP contribution in [0.5, 0.6) is 0 Å². The van der Waals surface area contributed by atoms with E-state index in [0.717, 1.165) is 6.42 Å². The molecule has 1 rings (SSSR count). The van der Waals surface area contributed by atoms with Gasteiger partial charge in [-0.3, -0.25) is 4.79 Å². The monoisotopic (exact) mass is 257 g/mol. The Labute approximate surface area is 108 Å². The van der Waals surface area contributed by atoms with E-state index in [0.29, 0.717) is 18.8 Å². The van der Waals surface area contributed by atoms with E-state index in [-0.39, 0.29) is 6.04 Å². The number of carboxylic acids is 1. The Hall–Kier alpha value is -1.26. The zero-order chi connectivity index (χ0) is 13.9. The van der Waals surface area contributed by atoms with E-state index >= 15 is 0 Å². The van der Waals surface area contributed by atoms with Crippen LogP contribution in [-0.4, -0.2) is 28.8 Å². The number of ether oxygens (including phenoxy) is 1. The van der Waals surface area contributed by atoms with Gasteiger partial charge in [0.15, 0.2) is 0 Å². The van der Waals surface area contributed by atoms with Crippen molar-refractivity contribution in [3.8, 4) is 0 Å². The average Bonchev–Trinajstić information content (AvgIpc) is 2.17. The summed E-state index contributed by atoms with van der Waals surface area (Å²) in [5.41, 5.74) is -0.565. The zero-order valence-corrected chi connectivity index (χ0v) is 11.5. The van der Waals surface area contributed by atoms with E-state index in [9.17, 15) is 14.7 Å². The van der Waals surface area contributed by atoms with E-state index in [1.54, 1.807) is 20.8 Å². The number of aliphatic carboxylic acids is 1. The summed E-state index contributed by atoms with van der Waals surface area (Å²) < 4.78 is 5.15. The maximum Gasteiger partial charge on any atom is 0.407 e. The van der Waals surface area contributed by atoms with Crippen LogP contribution in [0, 0.1) is 11.8 Å². The fourth-order valence-corrected chi connectivity index (χ4v) is 2.29. The molecular weight excluding hydrogens is 234 g/mol. The fourth-order valence-electron chi connectivity index (χ4n) is 2.29. The molecule has 5 nitrogen and oxygen atoms in total. The summed E-state index contributed by atoms with van der Waals surface area (Å²) in [5.74, 6) is -0.966. The van der Waals surface area contributed by atoms with E-state index < -0.39 is 23.6 Å². The number of hydrogen-bond donors (Lipinski definition) is 2. The summed E-state index contributed by atoms with van der Waals surface area (Å²) in [4.78, 5) is 22.8. The molecule has 3 atom stereocenters. The number of alkyl carbamates (subject to hydrolysis) is 1. The Morgan fingerprint density at radius 2 is 1.89 bits per heavy atom. The van der Waals surface area contributed by atoms with Gasteiger partial charge in [0, 0.05) is 6.04 Å². The van der Waals surface area contributed by atoms with Crippen molar-refractivity contribution in [1.82, 2.24) is 5.32 Å². The van der Waals surface area contributed by atoms with Gasteiger partial charge in [-0.15, -0.1) is 0 Å². The Bertz CT molecular complexity index is 321. The first-order valence-corrected chi connectivity index (χ1v) is 6.41. The van der Waals surface area contributed by atoms with Crippen LogP contribution >= 0.6 is 0 Å². The molecule has 1 aliphatic rings. The summed E-state index contributed by atoms with van der Waals surface area (Å²) >= 11 is 0. The predicted molar refractivity (Wildman–Crippen MR) is 67.3 cm³/mol. The van der Waals surface area contributed by atoms with Gasteiger partial charge in [0.2, 0.25) is 0 Å². The second kappa shape index (κ2) is 5.59.